The van der Waals surface area contributed by atoms with Crippen LogP contribution in [-0.4, -0.2) is 20.3 Å². The molecule has 158 valence electrons. The number of hydrogen-bond donors (Lipinski definition) is 2. The number of pyridine rings is 2. The first-order chi connectivity index (χ1) is 14.7. The van der Waals surface area contributed by atoms with Crippen LogP contribution in [0.15, 0.2) is 60.8 Å². The molecule has 0 fully saturated rings. The van der Waals surface area contributed by atoms with Crippen molar-refractivity contribution in [3.63, 3.8) is 0 Å². The Morgan fingerprint density at radius 3 is 2.32 bits per heavy atom. The van der Waals surface area contributed by atoms with Gasteiger partial charge in [0.2, 0.25) is 0 Å². The molecule has 0 bridgehead atoms. The summed E-state index contributed by atoms with van der Waals surface area (Å²) >= 11 is 0. The van der Waals surface area contributed by atoms with Crippen molar-refractivity contribution in [3.05, 3.63) is 83.4 Å². The zero-order valence-corrected chi connectivity index (χ0v) is 16.7. The molecular weight excluding hydrogens is 407 g/mol. The summed E-state index contributed by atoms with van der Waals surface area (Å²) < 4.78 is 40.2. The number of hydrogen-bond acceptors (Lipinski definition) is 4. The summed E-state index contributed by atoms with van der Waals surface area (Å²) in [5, 5.41) is 5.88. The van der Waals surface area contributed by atoms with E-state index in [4.69, 9.17) is 0 Å². The fraction of sp³-hybridized carbons (Fsp3) is 0.136. The van der Waals surface area contributed by atoms with Gasteiger partial charge in [0.25, 0.3) is 5.91 Å². The molecule has 2 N–H and O–H groups in total. The van der Waals surface area contributed by atoms with Gasteiger partial charge in [-0.1, -0.05) is 6.07 Å². The van der Waals surface area contributed by atoms with Crippen molar-refractivity contribution < 1.29 is 18.0 Å². The molecule has 0 unspecified atom stereocenters. The molecule has 9 heteroatoms. The van der Waals surface area contributed by atoms with Crippen molar-refractivity contribution in [2.75, 3.05) is 10.6 Å². The molecule has 0 saturated heterocycles. The van der Waals surface area contributed by atoms with Gasteiger partial charge in [-0.2, -0.15) is 13.2 Å². The molecule has 0 aliphatic carbocycles. The lowest BCUT2D eigenvalue weighted by molar-refractivity contribution is -0.140. The van der Waals surface area contributed by atoms with Gasteiger partial charge in [0.15, 0.2) is 5.69 Å². The number of carbonyl (C=O) groups is 1. The fourth-order valence-corrected chi connectivity index (χ4v) is 3.16. The third-order valence-corrected chi connectivity index (χ3v) is 4.67. The van der Waals surface area contributed by atoms with Gasteiger partial charge in [-0.3, -0.25) is 14.2 Å². The van der Waals surface area contributed by atoms with E-state index in [9.17, 15) is 18.0 Å². The minimum atomic E-state index is -4.52. The maximum absolute atomic E-state index is 13.0. The number of aryl methyl sites for hydroxylation is 2. The third kappa shape index (κ3) is 4.35. The second-order valence-corrected chi connectivity index (χ2v) is 7.01. The number of rotatable bonds is 4. The predicted octanol–water partition coefficient (Wildman–Crippen LogP) is 5.36. The van der Waals surface area contributed by atoms with Crippen LogP contribution in [0.5, 0.6) is 0 Å². The first-order valence-corrected chi connectivity index (χ1v) is 9.39. The van der Waals surface area contributed by atoms with Gasteiger partial charge in [-0.05, 0) is 62.4 Å². The number of nitrogens with zero attached hydrogens (tertiary/aromatic N) is 3. The van der Waals surface area contributed by atoms with E-state index < -0.39 is 11.9 Å². The van der Waals surface area contributed by atoms with Crippen LogP contribution in [0.4, 0.5) is 30.4 Å². The molecule has 0 atom stereocenters. The minimum absolute atomic E-state index is 0.184. The van der Waals surface area contributed by atoms with Crippen LogP contribution >= 0.6 is 0 Å². The van der Waals surface area contributed by atoms with E-state index in [1.165, 1.54) is 10.5 Å². The highest BCUT2D eigenvalue weighted by Gasteiger charge is 2.34. The summed E-state index contributed by atoms with van der Waals surface area (Å²) in [6.07, 6.45) is -3.57. The van der Waals surface area contributed by atoms with Gasteiger partial charge < -0.3 is 10.6 Å². The summed E-state index contributed by atoms with van der Waals surface area (Å²) in [7, 11) is 0. The van der Waals surface area contributed by atoms with Gasteiger partial charge >= 0.3 is 6.18 Å². The Kier molecular flexibility index (Phi) is 5.10. The van der Waals surface area contributed by atoms with Crippen molar-refractivity contribution in [2.45, 2.75) is 20.0 Å². The summed E-state index contributed by atoms with van der Waals surface area (Å²) in [6.45, 7) is 3.63. The lowest BCUT2D eigenvalue weighted by atomic mass is 10.1. The molecule has 3 aromatic heterocycles. The average Bonchev–Trinajstić information content (AvgIpc) is 3.15. The van der Waals surface area contributed by atoms with Crippen molar-refractivity contribution in [3.8, 4) is 0 Å². The summed E-state index contributed by atoms with van der Waals surface area (Å²) in [6, 6.07) is 15.1. The van der Waals surface area contributed by atoms with E-state index >= 15 is 0 Å². The monoisotopic (exact) mass is 425 g/mol. The van der Waals surface area contributed by atoms with Crippen LogP contribution in [0.25, 0.3) is 5.65 Å². The number of halogens is 3. The summed E-state index contributed by atoms with van der Waals surface area (Å²) in [5.74, 6) is 0.159. The second kappa shape index (κ2) is 7.75. The number of nitrogens with one attached hydrogen (secondary N) is 2. The largest absolute Gasteiger partial charge is 0.434 e. The number of imidazole rings is 1. The maximum atomic E-state index is 13.0. The molecule has 0 radical (unpaired) electrons. The van der Waals surface area contributed by atoms with Gasteiger partial charge in [-0.25, -0.2) is 4.98 Å². The van der Waals surface area contributed by atoms with Crippen molar-refractivity contribution in [2.24, 2.45) is 0 Å². The highest BCUT2D eigenvalue weighted by atomic mass is 19.4. The second-order valence-electron chi connectivity index (χ2n) is 7.01. The van der Waals surface area contributed by atoms with Crippen molar-refractivity contribution >= 4 is 28.7 Å². The normalized spacial score (nSPS) is 11.5. The Morgan fingerprint density at radius 2 is 1.65 bits per heavy atom. The molecule has 1 aromatic carbocycles. The Morgan fingerprint density at radius 1 is 0.935 bits per heavy atom. The highest BCUT2D eigenvalue weighted by molar-refractivity contribution is 6.05. The Bertz CT molecular complexity index is 1260. The van der Waals surface area contributed by atoms with Crippen LogP contribution in [0.3, 0.4) is 0 Å². The van der Waals surface area contributed by atoms with Crippen molar-refractivity contribution in [1.82, 2.24) is 14.4 Å². The number of carbonyl (C=O) groups excluding carboxylic acids is 1. The number of fused-ring (bicyclic) bond motifs is 1. The minimum Gasteiger partial charge on any atom is -0.341 e. The first kappa shape index (κ1) is 20.4. The van der Waals surface area contributed by atoms with Crippen LogP contribution in [0, 0.1) is 13.8 Å². The predicted molar refractivity (Wildman–Crippen MR) is 112 cm³/mol. The van der Waals surface area contributed by atoms with Gasteiger partial charge in [0.1, 0.15) is 11.5 Å². The first-order valence-electron chi connectivity index (χ1n) is 9.39. The fourth-order valence-electron chi connectivity index (χ4n) is 3.16. The number of anilines is 3. The van der Waals surface area contributed by atoms with Gasteiger partial charge in [-0.15, -0.1) is 0 Å². The van der Waals surface area contributed by atoms with E-state index in [2.05, 4.69) is 20.6 Å². The van der Waals surface area contributed by atoms with Gasteiger partial charge in [0, 0.05) is 23.3 Å². The number of alkyl halides is 3. The average molecular weight is 425 g/mol. The van der Waals surface area contributed by atoms with Crippen LogP contribution in [-0.2, 0) is 6.18 Å². The lowest BCUT2D eigenvalue weighted by Crippen LogP contribution is -2.14. The smallest absolute Gasteiger partial charge is 0.341 e. The molecule has 1 amide bonds. The Hall–Kier alpha value is -3.88. The van der Waals surface area contributed by atoms with Crippen LogP contribution < -0.4 is 10.6 Å². The van der Waals surface area contributed by atoms with Crippen LogP contribution in [0.1, 0.15) is 27.4 Å². The molecule has 4 aromatic rings. The Labute approximate surface area is 175 Å². The molecule has 4 rings (SSSR count). The topological polar surface area (TPSA) is 71.3 Å². The molecule has 0 saturated carbocycles. The highest BCUT2D eigenvalue weighted by Crippen LogP contribution is 2.30. The third-order valence-electron chi connectivity index (χ3n) is 4.67. The van der Waals surface area contributed by atoms with Crippen LogP contribution in [0.2, 0.25) is 0 Å². The van der Waals surface area contributed by atoms with E-state index in [-0.39, 0.29) is 11.6 Å². The quantitative estimate of drug-likeness (QED) is 0.462. The molecule has 31 heavy (non-hydrogen) atoms. The summed E-state index contributed by atoms with van der Waals surface area (Å²) in [5.41, 5.74) is 2.41. The molecule has 0 aliphatic rings. The van der Waals surface area contributed by atoms with Gasteiger partial charge in [0.05, 0.1) is 11.3 Å². The molecule has 0 aliphatic heterocycles. The van der Waals surface area contributed by atoms with E-state index in [1.807, 2.05) is 6.92 Å². The number of benzene rings is 1. The zero-order valence-electron chi connectivity index (χ0n) is 16.7. The molecule has 6 nitrogen and oxygen atoms in total. The number of aromatic nitrogens is 3. The van der Waals surface area contributed by atoms with E-state index in [0.717, 1.165) is 11.9 Å². The molecular formula is C22H18F3N5O. The number of amides is 1. The van der Waals surface area contributed by atoms with E-state index in [1.54, 1.807) is 55.5 Å². The maximum Gasteiger partial charge on any atom is 0.434 e. The molecule has 0 spiro atoms. The molecule has 3 heterocycles. The SMILES string of the molecule is Cc1ccc(C(=O)Nc2ccc(Nc3cccc4nc(C(F)(F)F)cn34)cc2)c(C)n1. The van der Waals surface area contributed by atoms with E-state index in [0.29, 0.717) is 28.5 Å². The standard InChI is InChI=1S/C22H18F3N5O/c1-13-6-11-17(14(2)26-13)21(31)28-16-9-7-15(8-10-16)27-19-4-3-5-20-29-18(12-30(19)20)22(23,24)25/h3-12,27H,1-2H3,(H,28,31). The lowest BCUT2D eigenvalue weighted by Gasteiger charge is -2.11. The Balaban J connectivity index is 1.51. The summed E-state index contributed by atoms with van der Waals surface area (Å²) in [4.78, 5) is 20.4. The van der Waals surface area contributed by atoms with Crippen molar-refractivity contribution in [1.29, 1.82) is 0 Å². The zero-order chi connectivity index (χ0) is 22.2.